The Balaban J connectivity index is 0.00000684. The van der Waals surface area contributed by atoms with Crippen LogP contribution in [0.4, 0.5) is 4.39 Å². The minimum absolute atomic E-state index is 0. The molecule has 3 N–H and O–H groups in total. The number of carbonyl (C=O) groups excluding carboxylic acids is 1. The molecule has 0 unspecified atom stereocenters. The second-order valence-corrected chi connectivity index (χ2v) is 13.7. The standard InChI is InChI=1S/C26H38FN5O3S.H2/c1-18(28)32(16-19-8-10-21(27)11-9-19)24(29)15-30-14-22-12-20(25(33)34-5)13-23(31-22)17-35-36(6,7)26(2,3)4;/h8-13,28-30H,14-17H2,1-7H3;1H. The lowest BCUT2D eigenvalue weighted by atomic mass is 10.2. The number of amidine groups is 2. The molecule has 0 amide bonds. The van der Waals surface area contributed by atoms with Crippen LogP contribution in [0, 0.1) is 16.6 Å². The van der Waals surface area contributed by atoms with Gasteiger partial charge in [-0.3, -0.25) is 15.8 Å². The molecule has 1 aromatic carbocycles. The molecule has 0 aliphatic heterocycles. The van der Waals surface area contributed by atoms with Gasteiger partial charge in [0.15, 0.2) is 0 Å². The number of carbonyl (C=O) groups is 1. The van der Waals surface area contributed by atoms with Crippen LogP contribution < -0.4 is 5.32 Å². The first-order valence-corrected chi connectivity index (χ1v) is 13.9. The monoisotopic (exact) mass is 521 g/mol. The van der Waals surface area contributed by atoms with Crippen molar-refractivity contribution in [3.63, 3.8) is 0 Å². The van der Waals surface area contributed by atoms with E-state index < -0.39 is 16.3 Å². The van der Waals surface area contributed by atoms with Crippen molar-refractivity contribution in [2.45, 2.75) is 52.1 Å². The van der Waals surface area contributed by atoms with E-state index in [2.05, 4.69) is 43.6 Å². The van der Waals surface area contributed by atoms with Crippen molar-refractivity contribution in [2.24, 2.45) is 0 Å². The third-order valence-electron chi connectivity index (χ3n) is 5.91. The van der Waals surface area contributed by atoms with Crippen molar-refractivity contribution in [1.82, 2.24) is 15.2 Å². The number of methoxy groups -OCH3 is 1. The van der Waals surface area contributed by atoms with E-state index in [9.17, 15) is 9.18 Å². The normalized spacial score (nSPS) is 12.2. The maximum Gasteiger partial charge on any atom is 0.337 e. The Hall–Kier alpha value is -2.82. The second kappa shape index (κ2) is 12.4. The molecule has 0 atom stereocenters. The van der Waals surface area contributed by atoms with Crippen molar-refractivity contribution in [2.75, 3.05) is 26.2 Å². The van der Waals surface area contributed by atoms with Crippen LogP contribution in [0.2, 0.25) is 0 Å². The van der Waals surface area contributed by atoms with Gasteiger partial charge in [0.05, 0.1) is 43.0 Å². The molecule has 2 aromatic rings. The van der Waals surface area contributed by atoms with Crippen LogP contribution in [0.5, 0.6) is 0 Å². The van der Waals surface area contributed by atoms with Crippen LogP contribution in [-0.4, -0.2) is 58.4 Å². The molecule has 0 aliphatic rings. The zero-order valence-corrected chi connectivity index (χ0v) is 23.0. The Morgan fingerprint density at radius 3 is 2.33 bits per heavy atom. The number of nitrogens with one attached hydrogen (secondary N) is 3. The topological polar surface area (TPSA) is 111 Å². The molecular weight excluding hydrogens is 481 g/mol. The third-order valence-corrected chi connectivity index (χ3v) is 9.57. The number of hydrogen-bond acceptors (Lipinski definition) is 7. The highest BCUT2D eigenvalue weighted by Crippen LogP contribution is 2.54. The molecule has 2 rings (SSSR count). The fourth-order valence-corrected chi connectivity index (χ4v) is 3.80. The second-order valence-electron chi connectivity index (χ2n) is 9.79. The van der Waals surface area contributed by atoms with Gasteiger partial charge in [-0.1, -0.05) is 32.9 Å². The zero-order valence-electron chi connectivity index (χ0n) is 22.2. The van der Waals surface area contributed by atoms with Gasteiger partial charge in [0, 0.05) is 12.7 Å². The van der Waals surface area contributed by atoms with Gasteiger partial charge in [-0.25, -0.2) is 9.18 Å². The summed E-state index contributed by atoms with van der Waals surface area (Å²) in [5.74, 6) is -0.390. The van der Waals surface area contributed by atoms with Gasteiger partial charge < -0.3 is 19.1 Å². The lowest BCUT2D eigenvalue weighted by Crippen LogP contribution is -2.39. The smallest absolute Gasteiger partial charge is 0.337 e. The van der Waals surface area contributed by atoms with Gasteiger partial charge in [0.25, 0.3) is 0 Å². The van der Waals surface area contributed by atoms with E-state index in [0.29, 0.717) is 30.0 Å². The molecule has 10 heteroatoms. The van der Waals surface area contributed by atoms with E-state index >= 15 is 0 Å². The molecule has 1 aromatic heterocycles. The summed E-state index contributed by atoms with van der Waals surface area (Å²) in [6, 6.07) is 9.34. The number of pyridine rings is 1. The third kappa shape index (κ3) is 8.39. The summed E-state index contributed by atoms with van der Waals surface area (Å²) >= 11 is 0. The van der Waals surface area contributed by atoms with Crippen LogP contribution in [0.15, 0.2) is 36.4 Å². The molecule has 1 heterocycles. The molecule has 0 bridgehead atoms. The first-order valence-electron chi connectivity index (χ1n) is 11.5. The van der Waals surface area contributed by atoms with Crippen molar-refractivity contribution >= 4 is 27.9 Å². The molecular formula is C26H40FN5O3S. The Kier molecular flexibility index (Phi) is 10.2. The van der Waals surface area contributed by atoms with Crippen LogP contribution >= 0.6 is 10.3 Å². The molecule has 0 fully saturated rings. The highest BCUT2D eigenvalue weighted by atomic mass is 32.3. The summed E-state index contributed by atoms with van der Waals surface area (Å²) in [5, 5.41) is 19.7. The molecule has 0 aliphatic carbocycles. The summed E-state index contributed by atoms with van der Waals surface area (Å²) in [4.78, 5) is 18.4. The van der Waals surface area contributed by atoms with Gasteiger partial charge >= 0.3 is 5.97 Å². The lowest BCUT2D eigenvalue weighted by molar-refractivity contribution is 0.0600. The number of esters is 1. The predicted octanol–water partition coefficient (Wildman–Crippen LogP) is 5.11. The highest BCUT2D eigenvalue weighted by Gasteiger charge is 2.29. The first-order chi connectivity index (χ1) is 16.7. The molecule has 36 heavy (non-hydrogen) atoms. The largest absolute Gasteiger partial charge is 0.465 e. The van der Waals surface area contributed by atoms with E-state index in [1.165, 1.54) is 24.1 Å². The number of benzene rings is 1. The van der Waals surface area contributed by atoms with Crippen molar-refractivity contribution in [3.8, 4) is 0 Å². The first kappa shape index (κ1) is 29.4. The van der Waals surface area contributed by atoms with Gasteiger partial charge in [-0.15, -0.1) is 10.3 Å². The Morgan fingerprint density at radius 1 is 1.17 bits per heavy atom. The van der Waals surface area contributed by atoms with Gasteiger partial charge in [0.1, 0.15) is 18.3 Å². The van der Waals surface area contributed by atoms with Crippen molar-refractivity contribution in [1.29, 1.82) is 10.8 Å². The Labute approximate surface area is 216 Å². The molecule has 0 spiro atoms. The van der Waals surface area contributed by atoms with Crippen molar-refractivity contribution < 1.29 is 19.5 Å². The number of hydrogen-bond donors (Lipinski definition) is 3. The van der Waals surface area contributed by atoms with E-state index in [-0.39, 0.29) is 36.8 Å². The molecule has 0 saturated carbocycles. The summed E-state index contributed by atoms with van der Waals surface area (Å²) in [7, 11) is -0.0342. The summed E-state index contributed by atoms with van der Waals surface area (Å²) in [6.07, 6.45) is 4.21. The average molecular weight is 522 g/mol. The zero-order chi connectivity index (χ0) is 27.1. The number of ether oxygens (including phenoxy) is 1. The molecule has 8 nitrogen and oxygen atoms in total. The maximum absolute atomic E-state index is 13.2. The molecule has 200 valence electrons. The lowest BCUT2D eigenvalue weighted by Gasteiger charge is -2.43. The maximum atomic E-state index is 13.2. The van der Waals surface area contributed by atoms with E-state index in [4.69, 9.17) is 19.7 Å². The predicted molar refractivity (Wildman–Crippen MR) is 146 cm³/mol. The Bertz CT molecular complexity index is 1090. The summed E-state index contributed by atoms with van der Waals surface area (Å²) < 4.78 is 24.3. The van der Waals surface area contributed by atoms with Crippen LogP contribution in [-0.2, 0) is 28.6 Å². The molecule has 0 radical (unpaired) electrons. The van der Waals surface area contributed by atoms with Gasteiger partial charge in [-0.05, 0) is 49.3 Å². The fourth-order valence-electron chi connectivity index (χ4n) is 3.03. The SMILES string of the molecule is COC(=O)c1cc(CNCC(=N)N(Cc2ccc(F)cc2)C(C)=N)nc(COS(C)(C)C(C)(C)C)c1.[HH]. The molecule has 0 saturated heterocycles. The van der Waals surface area contributed by atoms with Crippen LogP contribution in [0.1, 0.15) is 56.4 Å². The number of halogens is 1. The minimum atomic E-state index is -1.37. The average Bonchev–Trinajstić information content (AvgIpc) is 2.80. The highest BCUT2D eigenvalue weighted by molar-refractivity contribution is 8.29. The van der Waals surface area contributed by atoms with E-state index in [1.807, 2.05) is 0 Å². The van der Waals surface area contributed by atoms with Gasteiger partial charge in [-0.2, -0.15) is 0 Å². The summed E-state index contributed by atoms with van der Waals surface area (Å²) in [6.45, 7) is 9.06. The summed E-state index contributed by atoms with van der Waals surface area (Å²) in [5.41, 5.74) is 2.42. The number of nitrogens with zero attached hydrogens (tertiary/aromatic N) is 2. The van der Waals surface area contributed by atoms with Crippen molar-refractivity contribution in [3.05, 3.63) is 64.7 Å². The van der Waals surface area contributed by atoms with Crippen LogP contribution in [0.25, 0.3) is 0 Å². The Morgan fingerprint density at radius 2 is 1.78 bits per heavy atom. The van der Waals surface area contributed by atoms with E-state index in [0.717, 1.165) is 5.56 Å². The quantitative estimate of drug-likeness (QED) is 0.227. The number of rotatable bonds is 10. The van der Waals surface area contributed by atoms with Gasteiger partial charge in [0.2, 0.25) is 0 Å². The van der Waals surface area contributed by atoms with Crippen LogP contribution in [0.3, 0.4) is 0 Å². The minimum Gasteiger partial charge on any atom is -0.465 e. The number of aromatic nitrogens is 1. The fraction of sp³-hybridized carbons (Fsp3) is 0.462. The van der Waals surface area contributed by atoms with E-state index in [1.54, 1.807) is 31.2 Å².